The molecule has 0 amide bonds. The Morgan fingerprint density at radius 3 is 2.64 bits per heavy atom. The summed E-state index contributed by atoms with van der Waals surface area (Å²) in [6, 6.07) is 1.58. The number of aromatic nitrogens is 1. The highest BCUT2D eigenvalue weighted by atomic mass is 32.2. The van der Waals surface area contributed by atoms with Crippen molar-refractivity contribution in [2.45, 2.75) is 18.4 Å². The van der Waals surface area contributed by atoms with Gasteiger partial charge in [-0.2, -0.15) is 0 Å². The third-order valence-electron chi connectivity index (χ3n) is 1.94. The van der Waals surface area contributed by atoms with Gasteiger partial charge in [0.15, 0.2) is 0 Å². The lowest BCUT2D eigenvalue weighted by Gasteiger charge is -1.99. The number of aryl methyl sites for hydroxylation is 1. The van der Waals surface area contributed by atoms with E-state index in [1.165, 1.54) is 0 Å². The zero-order valence-electron chi connectivity index (χ0n) is 8.32. The van der Waals surface area contributed by atoms with Crippen LogP contribution in [-0.2, 0) is 23.6 Å². The minimum absolute atomic E-state index is 0.266. The summed E-state index contributed by atoms with van der Waals surface area (Å²) in [6.45, 7) is 2.46. The van der Waals surface area contributed by atoms with E-state index in [1.807, 2.05) is 0 Å². The van der Waals surface area contributed by atoms with E-state index in [0.29, 0.717) is 13.1 Å². The zero-order chi connectivity index (χ0) is 10.8. The Labute approximate surface area is 84.0 Å². The number of hydrogen-bond acceptors (Lipinski definition) is 3. The Kier molecular flexibility index (Phi) is 3.30. The summed E-state index contributed by atoms with van der Waals surface area (Å²) in [5.41, 5.74) is 6.24. The van der Waals surface area contributed by atoms with E-state index < -0.39 is 10.0 Å². The van der Waals surface area contributed by atoms with E-state index in [-0.39, 0.29) is 4.90 Å². The summed E-state index contributed by atoms with van der Waals surface area (Å²) < 4.78 is 27.2. The van der Waals surface area contributed by atoms with E-state index in [1.54, 1.807) is 30.8 Å². The number of nitrogens with zero attached hydrogens (tertiary/aromatic N) is 1. The molecule has 0 radical (unpaired) electrons. The molecule has 1 aromatic rings. The fourth-order valence-corrected chi connectivity index (χ4v) is 2.34. The molecular formula is C8H15N3O2S. The highest BCUT2D eigenvalue weighted by Crippen LogP contribution is 2.12. The first-order chi connectivity index (χ1) is 6.51. The van der Waals surface area contributed by atoms with Gasteiger partial charge in [-0.05, 0) is 6.07 Å². The van der Waals surface area contributed by atoms with E-state index >= 15 is 0 Å². The van der Waals surface area contributed by atoms with Gasteiger partial charge in [-0.1, -0.05) is 6.92 Å². The second-order valence-electron chi connectivity index (χ2n) is 2.98. The molecule has 0 aromatic carbocycles. The minimum Gasteiger partial charge on any atom is -0.352 e. The molecule has 0 aliphatic rings. The van der Waals surface area contributed by atoms with E-state index in [4.69, 9.17) is 5.73 Å². The maximum atomic E-state index is 11.5. The largest absolute Gasteiger partial charge is 0.352 e. The first-order valence-corrected chi connectivity index (χ1v) is 5.84. The van der Waals surface area contributed by atoms with Crippen LogP contribution in [-0.4, -0.2) is 19.5 Å². The molecule has 1 rings (SSSR count). The lowest BCUT2D eigenvalue weighted by molar-refractivity contribution is 0.584. The molecule has 3 N–H and O–H groups in total. The standard InChI is InChI=1S/C8H15N3O2S/c1-3-10-14(12,13)8-4-7(5-9)11(2)6-8/h4,6,10H,3,5,9H2,1-2H3. The zero-order valence-corrected chi connectivity index (χ0v) is 9.13. The molecule has 0 atom stereocenters. The molecule has 0 unspecified atom stereocenters. The monoisotopic (exact) mass is 217 g/mol. The lowest BCUT2D eigenvalue weighted by atomic mass is 10.4. The van der Waals surface area contributed by atoms with Gasteiger partial charge in [0, 0.05) is 32.0 Å². The second kappa shape index (κ2) is 4.12. The van der Waals surface area contributed by atoms with Crippen molar-refractivity contribution in [3.63, 3.8) is 0 Å². The summed E-state index contributed by atoms with van der Waals surface area (Å²) in [5.74, 6) is 0. The topological polar surface area (TPSA) is 77.1 Å². The van der Waals surface area contributed by atoms with Crippen LogP contribution in [0.15, 0.2) is 17.2 Å². The average molecular weight is 217 g/mol. The molecule has 1 aromatic heterocycles. The van der Waals surface area contributed by atoms with Crippen molar-refractivity contribution in [3.05, 3.63) is 18.0 Å². The van der Waals surface area contributed by atoms with Crippen LogP contribution in [0.25, 0.3) is 0 Å². The summed E-state index contributed by atoms with van der Waals surface area (Å²) in [7, 11) is -1.58. The van der Waals surface area contributed by atoms with Crippen molar-refractivity contribution in [1.29, 1.82) is 0 Å². The van der Waals surface area contributed by atoms with Crippen molar-refractivity contribution >= 4 is 10.0 Å². The Morgan fingerprint density at radius 2 is 2.21 bits per heavy atom. The molecule has 5 nitrogen and oxygen atoms in total. The van der Waals surface area contributed by atoms with Gasteiger partial charge < -0.3 is 10.3 Å². The number of nitrogens with two attached hydrogens (primary N) is 1. The van der Waals surface area contributed by atoms with Crippen LogP contribution in [0.1, 0.15) is 12.6 Å². The van der Waals surface area contributed by atoms with E-state index in [9.17, 15) is 8.42 Å². The van der Waals surface area contributed by atoms with Crippen molar-refractivity contribution in [2.24, 2.45) is 12.8 Å². The van der Waals surface area contributed by atoms with Gasteiger partial charge in [-0.25, -0.2) is 13.1 Å². The molecule has 80 valence electrons. The third kappa shape index (κ3) is 2.14. The first-order valence-electron chi connectivity index (χ1n) is 4.36. The summed E-state index contributed by atoms with van der Waals surface area (Å²) >= 11 is 0. The van der Waals surface area contributed by atoms with Gasteiger partial charge in [0.05, 0.1) is 4.90 Å². The van der Waals surface area contributed by atoms with Gasteiger partial charge in [-0.3, -0.25) is 0 Å². The summed E-state index contributed by atoms with van der Waals surface area (Å²) in [4.78, 5) is 0.266. The molecule has 6 heteroatoms. The fraction of sp³-hybridized carbons (Fsp3) is 0.500. The van der Waals surface area contributed by atoms with Gasteiger partial charge in [-0.15, -0.1) is 0 Å². The van der Waals surface area contributed by atoms with Gasteiger partial charge in [0.1, 0.15) is 0 Å². The van der Waals surface area contributed by atoms with Gasteiger partial charge >= 0.3 is 0 Å². The Morgan fingerprint density at radius 1 is 1.57 bits per heavy atom. The Balaban J connectivity index is 3.08. The van der Waals surface area contributed by atoms with Gasteiger partial charge in [0.2, 0.25) is 10.0 Å². The number of rotatable bonds is 4. The van der Waals surface area contributed by atoms with E-state index in [0.717, 1.165) is 5.69 Å². The van der Waals surface area contributed by atoms with Crippen LogP contribution < -0.4 is 10.5 Å². The van der Waals surface area contributed by atoms with Crippen LogP contribution in [0.2, 0.25) is 0 Å². The number of hydrogen-bond donors (Lipinski definition) is 2. The Bertz CT molecular complexity index is 408. The lowest BCUT2D eigenvalue weighted by Crippen LogP contribution is -2.22. The molecular weight excluding hydrogens is 202 g/mol. The third-order valence-corrected chi connectivity index (χ3v) is 3.45. The van der Waals surface area contributed by atoms with Crippen molar-refractivity contribution in [2.75, 3.05) is 6.54 Å². The molecule has 0 aliphatic heterocycles. The molecule has 1 heterocycles. The number of nitrogens with one attached hydrogen (secondary N) is 1. The molecule has 0 aliphatic carbocycles. The first kappa shape index (κ1) is 11.2. The smallest absolute Gasteiger partial charge is 0.242 e. The Hall–Kier alpha value is -0.850. The van der Waals surface area contributed by atoms with Crippen molar-refractivity contribution < 1.29 is 8.42 Å². The molecule has 0 spiro atoms. The highest BCUT2D eigenvalue weighted by Gasteiger charge is 2.15. The van der Waals surface area contributed by atoms with Crippen LogP contribution in [0.3, 0.4) is 0 Å². The van der Waals surface area contributed by atoms with Crippen LogP contribution in [0.5, 0.6) is 0 Å². The fourth-order valence-electron chi connectivity index (χ4n) is 1.20. The molecule has 14 heavy (non-hydrogen) atoms. The normalized spacial score (nSPS) is 11.9. The SMILES string of the molecule is CCNS(=O)(=O)c1cc(CN)n(C)c1. The average Bonchev–Trinajstić information content (AvgIpc) is 2.47. The quantitative estimate of drug-likeness (QED) is 0.732. The van der Waals surface area contributed by atoms with Crippen LogP contribution >= 0.6 is 0 Å². The predicted molar refractivity (Wildman–Crippen MR) is 54.2 cm³/mol. The summed E-state index contributed by atoms with van der Waals surface area (Å²) in [6.07, 6.45) is 1.56. The van der Waals surface area contributed by atoms with Crippen molar-refractivity contribution in [1.82, 2.24) is 9.29 Å². The van der Waals surface area contributed by atoms with Gasteiger partial charge in [0.25, 0.3) is 0 Å². The molecule has 0 fully saturated rings. The molecule has 0 bridgehead atoms. The van der Waals surface area contributed by atoms with Crippen molar-refractivity contribution in [3.8, 4) is 0 Å². The second-order valence-corrected chi connectivity index (χ2v) is 4.75. The minimum atomic E-state index is -3.35. The predicted octanol–water partition coefficient (Wildman–Crippen LogP) is -0.218. The van der Waals surface area contributed by atoms with E-state index in [2.05, 4.69) is 4.72 Å². The number of sulfonamides is 1. The summed E-state index contributed by atoms with van der Waals surface area (Å²) in [5, 5.41) is 0. The maximum Gasteiger partial charge on any atom is 0.242 e. The molecule has 0 saturated carbocycles. The maximum absolute atomic E-state index is 11.5. The van der Waals surface area contributed by atoms with Crippen LogP contribution in [0.4, 0.5) is 0 Å². The molecule has 0 saturated heterocycles. The van der Waals surface area contributed by atoms with Crippen LogP contribution in [0, 0.1) is 0 Å². The highest BCUT2D eigenvalue weighted by molar-refractivity contribution is 7.89.